The third kappa shape index (κ3) is 4.71. The van der Waals surface area contributed by atoms with Crippen LogP contribution in [0.3, 0.4) is 0 Å². The molecule has 0 aliphatic carbocycles. The van der Waals surface area contributed by atoms with E-state index in [4.69, 9.17) is 19.9 Å². The summed E-state index contributed by atoms with van der Waals surface area (Å²) in [5, 5.41) is 4.69. The van der Waals surface area contributed by atoms with E-state index in [9.17, 15) is 0 Å². The number of aromatic nitrogens is 6. The van der Waals surface area contributed by atoms with Gasteiger partial charge in [-0.1, -0.05) is 140 Å². The average molecular weight is 697 g/mol. The van der Waals surface area contributed by atoms with Crippen molar-refractivity contribution in [2.24, 2.45) is 0 Å². The Balaban J connectivity index is 1.22. The lowest BCUT2D eigenvalue weighted by Gasteiger charge is -2.11. The first-order chi connectivity index (χ1) is 26.3. The van der Waals surface area contributed by atoms with Crippen molar-refractivity contribution in [3.63, 3.8) is 0 Å². The Morgan fingerprint density at radius 2 is 1.00 bits per heavy atom. The molecule has 6 nitrogen and oxygen atoms in total. The lowest BCUT2D eigenvalue weighted by Crippen LogP contribution is -2.06. The summed E-state index contributed by atoms with van der Waals surface area (Å²) in [5.41, 5.74) is 8.20. The van der Waals surface area contributed by atoms with Gasteiger partial charge in [0, 0.05) is 48.6 Å². The first-order valence-corrected chi connectivity index (χ1v) is 18.4. The molecule has 0 unspecified atom stereocenters. The highest BCUT2D eigenvalue weighted by atomic mass is 32.1. The molecule has 0 atom stereocenters. The molecule has 7 heteroatoms. The standard InChI is InChI=1S/C46H28N6S/c1-5-15-29(16-6-1)43-48-44(30-17-7-2-8-18-30)50-46(49-43)52-38-24-14-13-23-33(38)34-25-26-35-36-27-39-37(28-40(36)53-42(35)41(34)52)47-45(31-19-9-3-10-20-31)51(39)32-21-11-4-12-22-32/h1-28H. The first-order valence-electron chi connectivity index (χ1n) is 17.6. The van der Waals surface area contributed by atoms with Gasteiger partial charge in [0.1, 0.15) is 5.82 Å². The molecular formula is C46H28N6S. The van der Waals surface area contributed by atoms with Crippen LogP contribution in [0, 0.1) is 0 Å². The monoisotopic (exact) mass is 696 g/mol. The highest BCUT2D eigenvalue weighted by Crippen LogP contribution is 2.44. The maximum Gasteiger partial charge on any atom is 0.238 e. The van der Waals surface area contributed by atoms with Gasteiger partial charge in [0.25, 0.3) is 0 Å². The first kappa shape index (κ1) is 29.7. The normalized spacial score (nSPS) is 11.8. The van der Waals surface area contributed by atoms with Crippen LogP contribution in [-0.2, 0) is 0 Å². The van der Waals surface area contributed by atoms with E-state index in [0.29, 0.717) is 17.6 Å². The van der Waals surface area contributed by atoms with Gasteiger partial charge >= 0.3 is 0 Å². The summed E-state index contributed by atoms with van der Waals surface area (Å²) < 4.78 is 6.88. The van der Waals surface area contributed by atoms with Gasteiger partial charge in [0.15, 0.2) is 11.6 Å². The molecule has 11 aromatic rings. The molecule has 11 rings (SSSR count). The number of fused-ring (bicyclic) bond motifs is 8. The van der Waals surface area contributed by atoms with Crippen LogP contribution in [0.1, 0.15) is 0 Å². The van der Waals surface area contributed by atoms with Crippen LogP contribution in [0.15, 0.2) is 170 Å². The Kier molecular flexibility index (Phi) is 6.62. The van der Waals surface area contributed by atoms with Gasteiger partial charge in [-0.3, -0.25) is 9.13 Å². The van der Waals surface area contributed by atoms with Crippen LogP contribution >= 0.6 is 11.3 Å². The number of nitrogens with zero attached hydrogens (tertiary/aromatic N) is 6. The van der Waals surface area contributed by atoms with E-state index in [2.05, 4.69) is 112 Å². The van der Waals surface area contributed by atoms with Gasteiger partial charge in [-0.15, -0.1) is 11.3 Å². The Hall–Kier alpha value is -6.96. The minimum atomic E-state index is 0.587. The fourth-order valence-corrected chi connectivity index (χ4v) is 8.83. The minimum absolute atomic E-state index is 0.587. The molecule has 0 N–H and O–H groups in total. The van der Waals surface area contributed by atoms with Crippen LogP contribution in [0.5, 0.6) is 0 Å². The second-order valence-corrected chi connectivity index (χ2v) is 14.2. The van der Waals surface area contributed by atoms with Crippen molar-refractivity contribution in [1.82, 2.24) is 29.1 Å². The molecular weight excluding hydrogens is 669 g/mol. The highest BCUT2D eigenvalue weighted by molar-refractivity contribution is 7.26. The summed E-state index contributed by atoms with van der Waals surface area (Å²) in [4.78, 5) is 20.6. The van der Waals surface area contributed by atoms with Gasteiger partial charge in [-0.05, 0) is 30.3 Å². The predicted molar refractivity (Wildman–Crippen MR) is 218 cm³/mol. The van der Waals surface area contributed by atoms with E-state index in [1.807, 2.05) is 66.7 Å². The van der Waals surface area contributed by atoms with Crippen LogP contribution in [0.4, 0.5) is 0 Å². The van der Waals surface area contributed by atoms with Crippen LogP contribution in [0.25, 0.3) is 98.8 Å². The lowest BCUT2D eigenvalue weighted by atomic mass is 10.1. The summed E-state index contributed by atoms with van der Waals surface area (Å²) in [7, 11) is 0. The number of para-hydroxylation sites is 2. The van der Waals surface area contributed by atoms with Gasteiger partial charge < -0.3 is 0 Å². The van der Waals surface area contributed by atoms with E-state index < -0.39 is 0 Å². The van der Waals surface area contributed by atoms with Crippen molar-refractivity contribution in [2.45, 2.75) is 0 Å². The van der Waals surface area contributed by atoms with Crippen molar-refractivity contribution >= 4 is 64.3 Å². The van der Waals surface area contributed by atoms with Crippen molar-refractivity contribution in [1.29, 1.82) is 0 Å². The largest absolute Gasteiger partial charge is 0.292 e. The fraction of sp³-hybridized carbons (Fsp3) is 0. The van der Waals surface area contributed by atoms with Crippen LogP contribution < -0.4 is 0 Å². The Morgan fingerprint density at radius 1 is 0.415 bits per heavy atom. The second kappa shape index (κ2) is 11.8. The van der Waals surface area contributed by atoms with Crippen molar-refractivity contribution in [3.8, 4) is 45.8 Å². The molecule has 0 saturated heterocycles. The Labute approximate surface area is 307 Å². The van der Waals surface area contributed by atoms with E-state index in [-0.39, 0.29) is 0 Å². The molecule has 4 heterocycles. The third-order valence-electron chi connectivity index (χ3n) is 9.98. The van der Waals surface area contributed by atoms with Gasteiger partial charge in [-0.2, -0.15) is 9.97 Å². The molecule has 248 valence electrons. The summed E-state index contributed by atoms with van der Waals surface area (Å²) >= 11 is 1.80. The van der Waals surface area contributed by atoms with Gasteiger partial charge in [-0.25, -0.2) is 9.97 Å². The molecule has 0 saturated carbocycles. The second-order valence-electron chi connectivity index (χ2n) is 13.1. The fourth-order valence-electron chi connectivity index (χ4n) is 7.58. The van der Waals surface area contributed by atoms with Gasteiger partial charge in [0.2, 0.25) is 5.95 Å². The van der Waals surface area contributed by atoms with Crippen molar-refractivity contribution < 1.29 is 0 Å². The van der Waals surface area contributed by atoms with Crippen LogP contribution in [0.2, 0.25) is 0 Å². The molecule has 0 aliphatic heterocycles. The molecule has 53 heavy (non-hydrogen) atoms. The zero-order valence-corrected chi connectivity index (χ0v) is 29.1. The maximum atomic E-state index is 5.26. The number of thiophene rings is 1. The highest BCUT2D eigenvalue weighted by Gasteiger charge is 2.22. The number of imidazole rings is 1. The number of rotatable bonds is 5. The molecule has 0 radical (unpaired) electrons. The zero-order valence-electron chi connectivity index (χ0n) is 28.3. The molecule has 0 aliphatic rings. The SMILES string of the molecule is c1ccc(-c2nc(-c3ccccc3)nc(-n3c4ccccc4c4ccc5c6cc7c(cc6sc5c43)nc(-c3ccccc3)n7-c3ccccc3)n2)cc1. The summed E-state index contributed by atoms with van der Waals surface area (Å²) in [6.45, 7) is 0. The summed E-state index contributed by atoms with van der Waals surface area (Å²) in [6, 6.07) is 58.9. The number of hydrogen-bond acceptors (Lipinski definition) is 5. The molecule has 0 bridgehead atoms. The average Bonchev–Trinajstić information content (AvgIpc) is 3.90. The Morgan fingerprint density at radius 3 is 1.68 bits per heavy atom. The van der Waals surface area contributed by atoms with E-state index in [1.165, 1.54) is 20.2 Å². The number of hydrogen-bond donors (Lipinski definition) is 0. The summed E-state index contributed by atoms with van der Waals surface area (Å²) in [6.07, 6.45) is 0. The molecule has 7 aromatic carbocycles. The quantitative estimate of drug-likeness (QED) is 0.180. The lowest BCUT2D eigenvalue weighted by molar-refractivity contribution is 0.955. The van der Waals surface area contributed by atoms with E-state index in [1.54, 1.807) is 11.3 Å². The molecule has 0 fully saturated rings. The third-order valence-corrected chi connectivity index (χ3v) is 11.2. The van der Waals surface area contributed by atoms with E-state index in [0.717, 1.165) is 61.0 Å². The van der Waals surface area contributed by atoms with Crippen LogP contribution in [-0.4, -0.2) is 29.1 Å². The summed E-state index contributed by atoms with van der Waals surface area (Å²) in [5.74, 6) is 2.78. The maximum absolute atomic E-state index is 5.26. The minimum Gasteiger partial charge on any atom is -0.292 e. The smallest absolute Gasteiger partial charge is 0.238 e. The number of benzene rings is 7. The molecule has 0 spiro atoms. The topological polar surface area (TPSA) is 61.4 Å². The molecule has 4 aromatic heterocycles. The van der Waals surface area contributed by atoms with E-state index >= 15 is 0 Å². The molecule has 0 amide bonds. The van der Waals surface area contributed by atoms with Crippen molar-refractivity contribution in [3.05, 3.63) is 170 Å². The zero-order chi connectivity index (χ0) is 34.9. The van der Waals surface area contributed by atoms with Crippen molar-refractivity contribution in [2.75, 3.05) is 0 Å². The van der Waals surface area contributed by atoms with Gasteiger partial charge in [0.05, 0.1) is 26.8 Å². The predicted octanol–water partition coefficient (Wildman–Crippen LogP) is 11.7. The Bertz CT molecular complexity index is 3090.